The minimum Gasteiger partial charge on any atom is -0.492 e. The molecule has 1 aliphatic rings. The third-order valence-corrected chi connectivity index (χ3v) is 2.08. The van der Waals surface area contributed by atoms with Crippen LogP contribution in [0.1, 0.15) is 11.5 Å². The van der Waals surface area contributed by atoms with Gasteiger partial charge in [-0.15, -0.1) is 0 Å². The smallest absolute Gasteiger partial charge is 0.126 e. The molecule has 0 fully saturated rings. The summed E-state index contributed by atoms with van der Waals surface area (Å²) >= 11 is 0. The molecule has 0 saturated carbocycles. The Kier molecular flexibility index (Phi) is 1.73. The van der Waals surface area contributed by atoms with Crippen molar-refractivity contribution in [2.75, 3.05) is 13.2 Å². The summed E-state index contributed by atoms with van der Waals surface area (Å²) in [6, 6.07) is 4.40. The monoisotopic (exact) mass is 168 g/mol. The average molecular weight is 168 g/mol. The summed E-state index contributed by atoms with van der Waals surface area (Å²) in [6.45, 7) is 0.508. The Labute approximate surface area is 69.6 Å². The number of hydrogen-bond acceptors (Lipinski definition) is 2. The average Bonchev–Trinajstić information content (AvgIpc) is 2.46. The second-order valence-corrected chi connectivity index (χ2v) is 2.87. The number of fused-ring (bicyclic) bond motifs is 1. The summed E-state index contributed by atoms with van der Waals surface area (Å²) < 4.78 is 17.8. The highest BCUT2D eigenvalue weighted by Gasteiger charge is 2.23. The van der Waals surface area contributed by atoms with E-state index in [9.17, 15) is 4.39 Å². The van der Waals surface area contributed by atoms with Gasteiger partial charge in [0.1, 0.15) is 11.6 Å². The van der Waals surface area contributed by atoms with E-state index in [-0.39, 0.29) is 18.3 Å². The van der Waals surface area contributed by atoms with Gasteiger partial charge in [-0.25, -0.2) is 4.39 Å². The highest BCUT2D eigenvalue weighted by atomic mass is 19.1. The van der Waals surface area contributed by atoms with Crippen LogP contribution in [0, 0.1) is 5.82 Å². The van der Waals surface area contributed by atoms with Gasteiger partial charge in [-0.2, -0.15) is 0 Å². The molecule has 0 saturated heterocycles. The first-order valence-corrected chi connectivity index (χ1v) is 3.84. The fraction of sp³-hybridized carbons (Fsp3) is 0.333. The van der Waals surface area contributed by atoms with E-state index in [1.165, 1.54) is 12.1 Å². The zero-order chi connectivity index (χ0) is 8.55. The van der Waals surface area contributed by atoms with Crippen LogP contribution < -0.4 is 4.74 Å². The zero-order valence-electron chi connectivity index (χ0n) is 6.46. The minimum absolute atomic E-state index is 0.0144. The van der Waals surface area contributed by atoms with Crippen LogP contribution in [0.2, 0.25) is 0 Å². The maximum Gasteiger partial charge on any atom is 0.126 e. The third-order valence-electron chi connectivity index (χ3n) is 2.08. The molecular formula is C9H9FO2. The Morgan fingerprint density at radius 3 is 3.17 bits per heavy atom. The molecule has 1 aromatic rings. The number of ether oxygens (including phenoxy) is 1. The van der Waals surface area contributed by atoms with Crippen molar-refractivity contribution in [3.05, 3.63) is 29.6 Å². The van der Waals surface area contributed by atoms with Crippen molar-refractivity contribution in [2.45, 2.75) is 5.92 Å². The van der Waals surface area contributed by atoms with Crippen LogP contribution in [0.15, 0.2) is 18.2 Å². The van der Waals surface area contributed by atoms with Crippen molar-refractivity contribution in [1.82, 2.24) is 0 Å². The van der Waals surface area contributed by atoms with E-state index in [4.69, 9.17) is 9.84 Å². The fourth-order valence-electron chi connectivity index (χ4n) is 1.40. The SMILES string of the molecule is OC[C@@H]1COc2cc(F)ccc21. The Morgan fingerprint density at radius 2 is 2.42 bits per heavy atom. The standard InChI is InChI=1S/C9H9FO2/c10-7-1-2-8-6(4-11)5-12-9(8)3-7/h1-3,6,11H,4-5H2/t6-/m1/s1. The lowest BCUT2D eigenvalue weighted by atomic mass is 10.0. The molecule has 1 N–H and O–H groups in total. The van der Waals surface area contributed by atoms with Crippen LogP contribution in [-0.4, -0.2) is 18.3 Å². The Hall–Kier alpha value is -1.09. The molecule has 12 heavy (non-hydrogen) atoms. The highest BCUT2D eigenvalue weighted by Crippen LogP contribution is 2.33. The molecule has 2 nitrogen and oxygen atoms in total. The molecule has 0 spiro atoms. The second-order valence-electron chi connectivity index (χ2n) is 2.87. The van der Waals surface area contributed by atoms with E-state index >= 15 is 0 Å². The Morgan fingerprint density at radius 1 is 1.58 bits per heavy atom. The zero-order valence-corrected chi connectivity index (χ0v) is 6.46. The van der Waals surface area contributed by atoms with E-state index in [1.54, 1.807) is 6.07 Å². The number of aliphatic hydroxyl groups is 1. The molecule has 0 amide bonds. The van der Waals surface area contributed by atoms with Gasteiger partial charge in [0.2, 0.25) is 0 Å². The van der Waals surface area contributed by atoms with Gasteiger partial charge in [0.25, 0.3) is 0 Å². The normalized spacial score (nSPS) is 20.3. The van der Waals surface area contributed by atoms with Crippen LogP contribution in [-0.2, 0) is 0 Å². The van der Waals surface area contributed by atoms with Crippen molar-refractivity contribution >= 4 is 0 Å². The highest BCUT2D eigenvalue weighted by molar-refractivity contribution is 5.40. The van der Waals surface area contributed by atoms with E-state index in [0.29, 0.717) is 12.4 Å². The van der Waals surface area contributed by atoms with Crippen molar-refractivity contribution in [2.24, 2.45) is 0 Å². The lowest BCUT2D eigenvalue weighted by molar-refractivity contribution is 0.232. The molecule has 1 atom stereocenters. The number of aliphatic hydroxyl groups excluding tert-OH is 1. The largest absolute Gasteiger partial charge is 0.492 e. The summed E-state index contributed by atoms with van der Waals surface area (Å²) in [5.41, 5.74) is 0.902. The molecule has 2 rings (SSSR count). The van der Waals surface area contributed by atoms with Crippen molar-refractivity contribution in [3.63, 3.8) is 0 Å². The number of halogens is 1. The first-order chi connectivity index (χ1) is 5.81. The minimum atomic E-state index is -0.299. The van der Waals surface area contributed by atoms with E-state index < -0.39 is 0 Å². The maximum absolute atomic E-state index is 12.7. The summed E-state index contributed by atoms with van der Waals surface area (Å²) in [7, 11) is 0. The Bertz CT molecular complexity index is 299. The molecule has 0 aromatic heterocycles. The predicted octanol–water partition coefficient (Wildman–Crippen LogP) is 1.29. The van der Waals surface area contributed by atoms with Crippen molar-refractivity contribution < 1.29 is 14.2 Å². The number of rotatable bonds is 1. The molecule has 1 heterocycles. The summed E-state index contributed by atoms with van der Waals surface area (Å²) in [6.07, 6.45) is 0. The fourth-order valence-corrected chi connectivity index (χ4v) is 1.40. The van der Waals surface area contributed by atoms with Gasteiger partial charge in [0.05, 0.1) is 13.2 Å². The molecule has 0 aliphatic carbocycles. The quantitative estimate of drug-likeness (QED) is 0.684. The predicted molar refractivity (Wildman–Crippen MR) is 41.7 cm³/mol. The number of hydrogen-bond donors (Lipinski definition) is 1. The molecule has 64 valence electrons. The van der Waals surface area contributed by atoms with Crippen molar-refractivity contribution in [3.8, 4) is 5.75 Å². The lowest BCUT2D eigenvalue weighted by Crippen LogP contribution is -2.04. The first kappa shape index (κ1) is 7.55. The topological polar surface area (TPSA) is 29.5 Å². The number of benzene rings is 1. The molecule has 0 unspecified atom stereocenters. The van der Waals surface area contributed by atoms with Gasteiger partial charge in [0, 0.05) is 17.5 Å². The van der Waals surface area contributed by atoms with Crippen LogP contribution in [0.5, 0.6) is 5.75 Å². The maximum atomic E-state index is 12.7. The van der Waals surface area contributed by atoms with Crippen LogP contribution >= 0.6 is 0 Å². The van der Waals surface area contributed by atoms with Crippen LogP contribution in [0.3, 0.4) is 0 Å². The Balaban J connectivity index is 2.40. The second kappa shape index (κ2) is 2.75. The molecule has 0 radical (unpaired) electrons. The van der Waals surface area contributed by atoms with Crippen molar-refractivity contribution in [1.29, 1.82) is 0 Å². The van der Waals surface area contributed by atoms with Gasteiger partial charge in [-0.3, -0.25) is 0 Å². The van der Waals surface area contributed by atoms with Crippen LogP contribution in [0.25, 0.3) is 0 Å². The molecule has 1 aromatic carbocycles. The van der Waals surface area contributed by atoms with Gasteiger partial charge in [-0.05, 0) is 6.07 Å². The molecule has 3 heteroatoms. The molecular weight excluding hydrogens is 159 g/mol. The summed E-state index contributed by atoms with van der Waals surface area (Å²) in [4.78, 5) is 0. The third kappa shape index (κ3) is 1.06. The van der Waals surface area contributed by atoms with Gasteiger partial charge >= 0.3 is 0 Å². The summed E-state index contributed by atoms with van der Waals surface area (Å²) in [5.74, 6) is 0.280. The summed E-state index contributed by atoms with van der Waals surface area (Å²) in [5, 5.41) is 8.91. The van der Waals surface area contributed by atoms with Gasteiger partial charge in [0.15, 0.2) is 0 Å². The lowest BCUT2D eigenvalue weighted by Gasteiger charge is -2.01. The van der Waals surface area contributed by atoms with E-state index in [1.807, 2.05) is 0 Å². The van der Waals surface area contributed by atoms with E-state index in [2.05, 4.69) is 0 Å². The first-order valence-electron chi connectivity index (χ1n) is 3.84. The molecule has 1 aliphatic heterocycles. The van der Waals surface area contributed by atoms with Gasteiger partial charge in [-0.1, -0.05) is 6.07 Å². The molecule has 0 bridgehead atoms. The van der Waals surface area contributed by atoms with Crippen LogP contribution in [0.4, 0.5) is 4.39 Å². The van der Waals surface area contributed by atoms with Gasteiger partial charge < -0.3 is 9.84 Å². The van der Waals surface area contributed by atoms with E-state index in [0.717, 1.165) is 5.56 Å².